The predicted molar refractivity (Wildman–Crippen MR) is 53.3 cm³/mol. The van der Waals surface area contributed by atoms with Gasteiger partial charge in [-0.3, -0.25) is 9.48 Å². The van der Waals surface area contributed by atoms with Crippen LogP contribution in [0.2, 0.25) is 0 Å². The average molecular weight is 196 g/mol. The van der Waals surface area contributed by atoms with Crippen molar-refractivity contribution in [2.24, 2.45) is 7.05 Å². The molecule has 70 valence electrons. The van der Waals surface area contributed by atoms with Gasteiger partial charge in [-0.25, -0.2) is 0 Å². The molecule has 1 aromatic rings. The van der Waals surface area contributed by atoms with Gasteiger partial charge in [0.1, 0.15) is 5.69 Å². The Bertz CT molecular complexity index is 333. The lowest BCUT2D eigenvalue weighted by atomic mass is 10.1. The van der Waals surface area contributed by atoms with Gasteiger partial charge in [0.2, 0.25) is 0 Å². The molecule has 1 aliphatic heterocycles. The second-order valence-electron chi connectivity index (χ2n) is 3.16. The smallest absolute Gasteiger partial charge is 0.170 e. The Kier molecular flexibility index (Phi) is 2.40. The molecule has 0 bridgehead atoms. The number of thioether (sulfide) groups is 1. The SMILES string of the molecule is Cn1nc(C=O)c2c1CCSCC2. The summed E-state index contributed by atoms with van der Waals surface area (Å²) in [5.41, 5.74) is 3.05. The van der Waals surface area contributed by atoms with Crippen LogP contribution >= 0.6 is 11.8 Å². The maximum Gasteiger partial charge on any atom is 0.170 e. The van der Waals surface area contributed by atoms with Crippen molar-refractivity contribution in [3.05, 3.63) is 17.0 Å². The summed E-state index contributed by atoms with van der Waals surface area (Å²) in [5, 5.41) is 4.19. The van der Waals surface area contributed by atoms with Crippen LogP contribution in [-0.2, 0) is 19.9 Å². The maximum absolute atomic E-state index is 10.7. The molecular weight excluding hydrogens is 184 g/mol. The molecule has 0 saturated carbocycles. The Morgan fingerprint density at radius 3 is 3.00 bits per heavy atom. The molecule has 13 heavy (non-hydrogen) atoms. The minimum absolute atomic E-state index is 0.639. The normalized spacial score (nSPS) is 16.4. The number of carbonyl (C=O) groups excluding carboxylic acids is 1. The first-order valence-electron chi connectivity index (χ1n) is 4.40. The van der Waals surface area contributed by atoms with Crippen LogP contribution in [0, 0.1) is 0 Å². The minimum atomic E-state index is 0.639. The Labute approximate surface area is 81.5 Å². The topological polar surface area (TPSA) is 34.9 Å². The molecule has 0 amide bonds. The zero-order valence-electron chi connectivity index (χ0n) is 7.62. The van der Waals surface area contributed by atoms with E-state index < -0.39 is 0 Å². The van der Waals surface area contributed by atoms with Gasteiger partial charge in [0.25, 0.3) is 0 Å². The highest BCUT2D eigenvalue weighted by Crippen LogP contribution is 2.21. The van der Waals surface area contributed by atoms with Gasteiger partial charge in [-0.2, -0.15) is 16.9 Å². The van der Waals surface area contributed by atoms with Crippen LogP contribution in [0.4, 0.5) is 0 Å². The minimum Gasteiger partial charge on any atom is -0.296 e. The highest BCUT2D eigenvalue weighted by atomic mass is 32.2. The number of aromatic nitrogens is 2. The van der Waals surface area contributed by atoms with Crippen LogP contribution in [-0.4, -0.2) is 27.6 Å². The third-order valence-corrected chi connectivity index (χ3v) is 3.38. The molecule has 1 aromatic heterocycles. The number of aldehydes is 1. The van der Waals surface area contributed by atoms with Gasteiger partial charge in [0.05, 0.1) is 0 Å². The lowest BCUT2D eigenvalue weighted by Gasteiger charge is -1.98. The predicted octanol–water partition coefficient (Wildman–Crippen LogP) is 1.06. The van der Waals surface area contributed by atoms with Gasteiger partial charge in [-0.15, -0.1) is 0 Å². The molecule has 0 unspecified atom stereocenters. The molecule has 0 spiro atoms. The van der Waals surface area contributed by atoms with Gasteiger partial charge in [0.15, 0.2) is 6.29 Å². The van der Waals surface area contributed by atoms with Crippen molar-refractivity contribution in [3.8, 4) is 0 Å². The second kappa shape index (κ2) is 3.54. The third kappa shape index (κ3) is 1.50. The van der Waals surface area contributed by atoms with Gasteiger partial charge in [-0.1, -0.05) is 0 Å². The molecule has 4 heteroatoms. The number of fused-ring (bicyclic) bond motifs is 1. The van der Waals surface area contributed by atoms with Crippen molar-refractivity contribution in [2.75, 3.05) is 11.5 Å². The van der Waals surface area contributed by atoms with E-state index in [-0.39, 0.29) is 0 Å². The van der Waals surface area contributed by atoms with Crippen LogP contribution in [0.15, 0.2) is 0 Å². The first kappa shape index (κ1) is 8.81. The molecule has 0 N–H and O–H groups in total. The quantitative estimate of drug-likeness (QED) is 0.630. The number of hydrogen-bond donors (Lipinski definition) is 0. The van der Waals surface area contributed by atoms with E-state index in [4.69, 9.17) is 0 Å². The Balaban J connectivity index is 2.47. The Morgan fingerprint density at radius 2 is 2.23 bits per heavy atom. The van der Waals surface area contributed by atoms with Crippen LogP contribution in [0.25, 0.3) is 0 Å². The van der Waals surface area contributed by atoms with E-state index in [9.17, 15) is 4.79 Å². The Hall–Kier alpha value is -0.770. The van der Waals surface area contributed by atoms with E-state index in [1.807, 2.05) is 23.5 Å². The highest BCUT2D eigenvalue weighted by Gasteiger charge is 2.17. The standard InChI is InChI=1S/C9H12N2OS/c1-11-9-3-5-13-4-2-7(9)8(6-12)10-11/h6H,2-5H2,1H3. The number of carbonyl (C=O) groups is 1. The fourth-order valence-corrected chi connectivity index (χ4v) is 2.64. The monoisotopic (exact) mass is 196 g/mol. The van der Waals surface area contributed by atoms with Gasteiger partial charge in [-0.05, 0) is 24.3 Å². The summed E-state index contributed by atoms with van der Waals surface area (Å²) in [6.07, 6.45) is 2.90. The molecule has 0 aromatic carbocycles. The number of aryl methyl sites for hydroxylation is 1. The molecule has 2 heterocycles. The van der Waals surface area contributed by atoms with Crippen molar-refractivity contribution in [1.82, 2.24) is 9.78 Å². The van der Waals surface area contributed by atoms with Crippen LogP contribution < -0.4 is 0 Å². The number of hydrogen-bond acceptors (Lipinski definition) is 3. The number of nitrogens with zero attached hydrogens (tertiary/aromatic N) is 2. The molecule has 0 aliphatic carbocycles. The van der Waals surface area contributed by atoms with E-state index in [0.29, 0.717) is 5.69 Å². The van der Waals surface area contributed by atoms with Gasteiger partial charge >= 0.3 is 0 Å². The fourth-order valence-electron chi connectivity index (χ4n) is 1.75. The molecule has 2 rings (SSSR count). The molecule has 0 fully saturated rings. The first-order chi connectivity index (χ1) is 6.33. The molecule has 0 saturated heterocycles. The van der Waals surface area contributed by atoms with E-state index in [1.165, 1.54) is 11.3 Å². The lowest BCUT2D eigenvalue weighted by Crippen LogP contribution is -2.00. The summed E-state index contributed by atoms with van der Waals surface area (Å²) in [5.74, 6) is 2.25. The van der Waals surface area contributed by atoms with E-state index >= 15 is 0 Å². The summed E-state index contributed by atoms with van der Waals surface area (Å²) in [7, 11) is 1.92. The van der Waals surface area contributed by atoms with Gasteiger partial charge in [0, 0.05) is 18.3 Å². The molecule has 3 nitrogen and oxygen atoms in total. The molecule has 0 radical (unpaired) electrons. The van der Waals surface area contributed by atoms with Crippen molar-refractivity contribution >= 4 is 18.0 Å². The summed E-state index contributed by atoms with van der Waals surface area (Å²) < 4.78 is 1.85. The lowest BCUT2D eigenvalue weighted by molar-refractivity contribution is 0.111. The van der Waals surface area contributed by atoms with Crippen LogP contribution in [0.3, 0.4) is 0 Å². The maximum atomic E-state index is 10.7. The fraction of sp³-hybridized carbons (Fsp3) is 0.556. The molecular formula is C9H12N2OS. The zero-order chi connectivity index (χ0) is 9.26. The van der Waals surface area contributed by atoms with Crippen molar-refractivity contribution < 1.29 is 4.79 Å². The van der Waals surface area contributed by atoms with Crippen molar-refractivity contribution in [2.45, 2.75) is 12.8 Å². The summed E-state index contributed by atoms with van der Waals surface area (Å²) >= 11 is 1.95. The van der Waals surface area contributed by atoms with Crippen LogP contribution in [0.5, 0.6) is 0 Å². The molecule has 0 atom stereocenters. The first-order valence-corrected chi connectivity index (χ1v) is 5.56. The van der Waals surface area contributed by atoms with Gasteiger partial charge < -0.3 is 0 Å². The van der Waals surface area contributed by atoms with E-state index in [2.05, 4.69) is 5.10 Å². The largest absolute Gasteiger partial charge is 0.296 e. The zero-order valence-corrected chi connectivity index (χ0v) is 8.43. The summed E-state index contributed by atoms with van der Waals surface area (Å²) in [6.45, 7) is 0. The average Bonchev–Trinajstić information content (AvgIpc) is 2.38. The molecule has 1 aliphatic rings. The van der Waals surface area contributed by atoms with Crippen molar-refractivity contribution in [1.29, 1.82) is 0 Å². The summed E-state index contributed by atoms with van der Waals surface area (Å²) in [6, 6.07) is 0. The third-order valence-electron chi connectivity index (χ3n) is 2.40. The van der Waals surface area contributed by atoms with Crippen LogP contribution in [0.1, 0.15) is 21.7 Å². The van der Waals surface area contributed by atoms with E-state index in [0.717, 1.165) is 30.6 Å². The highest BCUT2D eigenvalue weighted by molar-refractivity contribution is 7.99. The van der Waals surface area contributed by atoms with Crippen molar-refractivity contribution in [3.63, 3.8) is 0 Å². The van der Waals surface area contributed by atoms with E-state index in [1.54, 1.807) is 0 Å². The number of rotatable bonds is 1. The summed E-state index contributed by atoms with van der Waals surface area (Å²) in [4.78, 5) is 10.7. The second-order valence-corrected chi connectivity index (χ2v) is 4.39. The Morgan fingerprint density at radius 1 is 1.46 bits per heavy atom.